The molecule has 2 aromatic rings. The summed E-state index contributed by atoms with van der Waals surface area (Å²) in [5, 5.41) is 0. The molecule has 2 aromatic carbocycles. The van der Waals surface area contributed by atoms with Crippen LogP contribution in [0.25, 0.3) is 11.1 Å². The van der Waals surface area contributed by atoms with Crippen LogP contribution in [0.3, 0.4) is 0 Å². The van der Waals surface area contributed by atoms with Crippen molar-refractivity contribution in [1.82, 2.24) is 0 Å². The minimum Gasteiger partial charge on any atom is -0.493 e. The minimum atomic E-state index is -0.0700. The molecule has 1 aliphatic carbocycles. The van der Waals surface area contributed by atoms with Crippen LogP contribution < -0.4 is 28.4 Å². The average molecular weight is 414 g/mol. The fourth-order valence-electron chi connectivity index (χ4n) is 5.03. The highest BCUT2D eigenvalue weighted by Gasteiger charge is 2.43. The van der Waals surface area contributed by atoms with Gasteiger partial charge in [-0.25, -0.2) is 0 Å². The third-order valence-electron chi connectivity index (χ3n) is 6.52. The zero-order chi connectivity index (χ0) is 21.0. The van der Waals surface area contributed by atoms with E-state index in [1.54, 1.807) is 28.4 Å². The van der Waals surface area contributed by atoms with Crippen molar-refractivity contribution in [3.05, 3.63) is 23.3 Å². The molecule has 3 aliphatic rings. The maximum absolute atomic E-state index is 6.30. The Morgan fingerprint density at radius 3 is 2.33 bits per heavy atom. The Hall–Kier alpha value is -2.80. The molecule has 3 atom stereocenters. The monoisotopic (exact) mass is 414 g/mol. The predicted molar refractivity (Wildman–Crippen MR) is 109 cm³/mol. The molecule has 0 radical (unpaired) electrons. The van der Waals surface area contributed by atoms with Crippen LogP contribution in [-0.2, 0) is 11.2 Å². The number of fused-ring (bicyclic) bond motifs is 7. The molecule has 160 valence electrons. The number of rotatable bonds is 4. The molecule has 0 aromatic heterocycles. The SMILES string of the molecule is COc1cc2c(c(OC)c1OC)-c1c(cc3c(c1OC)OCO3)[C@@H]1OC[C@H](C2)[C@@H]1C. The number of hydrogen-bond donors (Lipinski definition) is 0. The first-order valence-corrected chi connectivity index (χ1v) is 10.1. The summed E-state index contributed by atoms with van der Waals surface area (Å²) in [5.74, 6) is 4.40. The van der Waals surface area contributed by atoms with Gasteiger partial charge in [0.25, 0.3) is 0 Å². The molecule has 7 nitrogen and oxygen atoms in total. The first-order valence-electron chi connectivity index (χ1n) is 10.1. The number of ether oxygens (including phenoxy) is 7. The molecule has 2 heterocycles. The van der Waals surface area contributed by atoms with Gasteiger partial charge in [-0.1, -0.05) is 6.92 Å². The molecule has 2 aliphatic heterocycles. The molecular weight excluding hydrogens is 388 g/mol. The summed E-state index contributed by atoms with van der Waals surface area (Å²) in [6.45, 7) is 3.10. The van der Waals surface area contributed by atoms with E-state index >= 15 is 0 Å². The Kier molecular flexibility index (Phi) is 4.58. The first kappa shape index (κ1) is 19.2. The van der Waals surface area contributed by atoms with E-state index in [1.165, 1.54) is 0 Å². The van der Waals surface area contributed by atoms with Gasteiger partial charge < -0.3 is 33.2 Å². The van der Waals surface area contributed by atoms with Crippen molar-refractivity contribution in [2.24, 2.45) is 11.8 Å². The second-order valence-corrected chi connectivity index (χ2v) is 7.86. The minimum absolute atomic E-state index is 0.0700. The summed E-state index contributed by atoms with van der Waals surface area (Å²) in [6.07, 6.45) is 0.764. The van der Waals surface area contributed by atoms with E-state index in [0.717, 1.165) is 28.7 Å². The van der Waals surface area contributed by atoms with Crippen molar-refractivity contribution < 1.29 is 33.2 Å². The molecule has 0 saturated carbocycles. The van der Waals surface area contributed by atoms with Crippen LogP contribution in [0, 0.1) is 11.8 Å². The Morgan fingerprint density at radius 2 is 1.63 bits per heavy atom. The van der Waals surface area contributed by atoms with E-state index in [2.05, 4.69) is 6.92 Å². The fraction of sp³-hybridized carbons (Fsp3) is 0.478. The van der Waals surface area contributed by atoms with Crippen LogP contribution in [0.4, 0.5) is 0 Å². The molecular formula is C23H26O7. The van der Waals surface area contributed by atoms with Crippen molar-refractivity contribution in [2.75, 3.05) is 41.8 Å². The zero-order valence-electron chi connectivity index (χ0n) is 17.9. The lowest BCUT2D eigenvalue weighted by molar-refractivity contribution is 0.0937. The van der Waals surface area contributed by atoms with Gasteiger partial charge in [-0.3, -0.25) is 0 Å². The van der Waals surface area contributed by atoms with Crippen molar-refractivity contribution in [3.8, 4) is 45.6 Å². The molecule has 5 rings (SSSR count). The summed E-state index contributed by atoms with van der Waals surface area (Å²) in [6, 6.07) is 4.06. The van der Waals surface area contributed by atoms with E-state index in [-0.39, 0.29) is 12.9 Å². The summed E-state index contributed by atoms with van der Waals surface area (Å²) in [7, 11) is 6.53. The van der Waals surface area contributed by atoms with Gasteiger partial charge in [-0.05, 0) is 41.5 Å². The Labute approximate surface area is 175 Å². The van der Waals surface area contributed by atoms with Crippen LogP contribution in [0.2, 0.25) is 0 Å². The van der Waals surface area contributed by atoms with Crippen LogP contribution >= 0.6 is 0 Å². The highest BCUT2D eigenvalue weighted by molar-refractivity contribution is 5.89. The third kappa shape index (κ3) is 2.54. The molecule has 0 spiro atoms. The summed E-state index contributed by atoms with van der Waals surface area (Å²) in [4.78, 5) is 0. The van der Waals surface area contributed by atoms with Gasteiger partial charge in [-0.2, -0.15) is 0 Å². The van der Waals surface area contributed by atoms with Crippen LogP contribution in [0.5, 0.6) is 34.5 Å². The lowest BCUT2D eigenvalue weighted by Gasteiger charge is -2.29. The summed E-state index contributed by atoms with van der Waals surface area (Å²) in [5.41, 5.74) is 3.93. The van der Waals surface area contributed by atoms with E-state index in [4.69, 9.17) is 33.2 Å². The van der Waals surface area contributed by atoms with Crippen LogP contribution in [0.1, 0.15) is 24.2 Å². The quantitative estimate of drug-likeness (QED) is 0.749. The largest absolute Gasteiger partial charge is 0.493 e. The number of hydrogen-bond acceptors (Lipinski definition) is 7. The molecule has 7 heteroatoms. The molecule has 2 bridgehead atoms. The third-order valence-corrected chi connectivity index (χ3v) is 6.52. The Balaban J connectivity index is 1.92. The Morgan fingerprint density at radius 1 is 0.867 bits per heavy atom. The fourth-order valence-corrected chi connectivity index (χ4v) is 5.03. The van der Waals surface area contributed by atoms with E-state index < -0.39 is 0 Å². The van der Waals surface area contributed by atoms with Crippen molar-refractivity contribution >= 4 is 0 Å². The highest BCUT2D eigenvalue weighted by atomic mass is 16.7. The second-order valence-electron chi connectivity index (χ2n) is 7.86. The van der Waals surface area contributed by atoms with Crippen molar-refractivity contribution in [3.63, 3.8) is 0 Å². The normalized spacial score (nSPS) is 23.2. The van der Waals surface area contributed by atoms with Gasteiger partial charge >= 0.3 is 0 Å². The Bertz CT molecular complexity index is 1000. The van der Waals surface area contributed by atoms with Crippen LogP contribution in [-0.4, -0.2) is 41.8 Å². The topological polar surface area (TPSA) is 64.6 Å². The standard InChI is InChI=1S/C23H26O7/c1-11-13-6-12-7-15(24-2)20(25-3)22(26-4)17(12)18-14(19(11)28-9-13)8-16-21(23(18)27-5)30-10-29-16/h7-8,11,13,19H,6,9-10H2,1-5H3/t11-,13-,19+/m0/s1. The summed E-state index contributed by atoms with van der Waals surface area (Å²) >= 11 is 0. The van der Waals surface area contributed by atoms with Gasteiger partial charge in [-0.15, -0.1) is 0 Å². The van der Waals surface area contributed by atoms with Crippen molar-refractivity contribution in [2.45, 2.75) is 19.4 Å². The van der Waals surface area contributed by atoms with Gasteiger partial charge in [0.15, 0.2) is 23.0 Å². The van der Waals surface area contributed by atoms with E-state index in [0.29, 0.717) is 52.9 Å². The highest BCUT2D eigenvalue weighted by Crippen LogP contribution is 2.59. The molecule has 0 N–H and O–H groups in total. The van der Waals surface area contributed by atoms with Gasteiger partial charge in [0.05, 0.1) is 41.2 Å². The lowest BCUT2D eigenvalue weighted by atomic mass is 9.77. The smallest absolute Gasteiger partial charge is 0.231 e. The van der Waals surface area contributed by atoms with Gasteiger partial charge in [0, 0.05) is 11.1 Å². The maximum atomic E-state index is 6.30. The molecule has 0 unspecified atom stereocenters. The predicted octanol–water partition coefficient (Wildman–Crippen LogP) is 4.00. The number of methoxy groups -OCH3 is 4. The van der Waals surface area contributed by atoms with Crippen molar-refractivity contribution in [1.29, 1.82) is 0 Å². The second kappa shape index (κ2) is 7.16. The lowest BCUT2D eigenvalue weighted by Crippen LogP contribution is -2.18. The van der Waals surface area contributed by atoms with Gasteiger partial charge in [0.2, 0.25) is 18.3 Å². The van der Waals surface area contributed by atoms with Crippen LogP contribution in [0.15, 0.2) is 12.1 Å². The molecule has 1 saturated heterocycles. The zero-order valence-corrected chi connectivity index (χ0v) is 17.9. The van der Waals surface area contributed by atoms with Gasteiger partial charge in [0.1, 0.15) is 0 Å². The van der Waals surface area contributed by atoms with E-state index in [9.17, 15) is 0 Å². The summed E-state index contributed by atoms with van der Waals surface area (Å²) < 4.78 is 40.9. The molecule has 30 heavy (non-hydrogen) atoms. The number of benzene rings is 2. The van der Waals surface area contributed by atoms with E-state index in [1.807, 2.05) is 12.1 Å². The maximum Gasteiger partial charge on any atom is 0.231 e. The average Bonchev–Trinajstić information content (AvgIpc) is 3.38. The molecule has 0 amide bonds. The first-order chi connectivity index (χ1) is 14.6. The molecule has 1 fully saturated rings.